The van der Waals surface area contributed by atoms with Crippen LogP contribution in [0.15, 0.2) is 36.4 Å². The predicted molar refractivity (Wildman–Crippen MR) is 69.8 cm³/mol. The summed E-state index contributed by atoms with van der Waals surface area (Å²) in [6.07, 6.45) is 0. The van der Waals surface area contributed by atoms with E-state index in [1.54, 1.807) is 24.1 Å². The number of rotatable bonds is 3. The van der Waals surface area contributed by atoms with Gasteiger partial charge in [0, 0.05) is 18.8 Å². The highest BCUT2D eigenvalue weighted by Gasteiger charge is 2.15. The van der Waals surface area contributed by atoms with E-state index < -0.39 is 4.92 Å². The van der Waals surface area contributed by atoms with Crippen molar-refractivity contribution in [1.29, 1.82) is 0 Å². The van der Waals surface area contributed by atoms with Crippen LogP contribution < -0.4 is 10.6 Å². The summed E-state index contributed by atoms with van der Waals surface area (Å²) in [5.74, 6) is -0.154. The van der Waals surface area contributed by atoms with E-state index in [0.717, 1.165) is 0 Å². The second kappa shape index (κ2) is 4.89. The molecule has 2 aromatic rings. The Morgan fingerprint density at radius 1 is 1.37 bits per heavy atom. The number of nitrogen functional groups attached to an aromatic ring is 1. The van der Waals surface area contributed by atoms with Crippen LogP contribution in [-0.4, -0.2) is 17.0 Å². The molecule has 0 bridgehead atoms. The van der Waals surface area contributed by atoms with Crippen LogP contribution >= 0.6 is 0 Å². The van der Waals surface area contributed by atoms with Crippen molar-refractivity contribution in [3.8, 4) is 0 Å². The molecule has 0 saturated carbocycles. The normalized spacial score (nSPS) is 10.2. The number of aromatic nitrogens is 1. The maximum absolute atomic E-state index is 13.1. The Hall–Kier alpha value is -2.70. The highest BCUT2D eigenvalue weighted by atomic mass is 19.1. The summed E-state index contributed by atoms with van der Waals surface area (Å²) < 4.78 is 13.1. The third kappa shape index (κ3) is 2.59. The molecule has 0 amide bonds. The van der Waals surface area contributed by atoms with E-state index in [4.69, 9.17) is 5.73 Å². The van der Waals surface area contributed by atoms with Gasteiger partial charge in [0.1, 0.15) is 11.6 Å². The van der Waals surface area contributed by atoms with Crippen molar-refractivity contribution in [2.24, 2.45) is 0 Å². The van der Waals surface area contributed by atoms with Crippen molar-refractivity contribution >= 4 is 23.0 Å². The summed E-state index contributed by atoms with van der Waals surface area (Å²) in [5.41, 5.74) is 5.83. The van der Waals surface area contributed by atoms with Crippen molar-refractivity contribution < 1.29 is 9.31 Å². The molecule has 0 radical (unpaired) electrons. The van der Waals surface area contributed by atoms with Gasteiger partial charge in [-0.25, -0.2) is 9.37 Å². The van der Waals surface area contributed by atoms with Crippen LogP contribution in [0.1, 0.15) is 0 Å². The molecule has 0 atom stereocenters. The standard InChI is InChI=1S/C12H11FN4O2/c1-16(9-4-2-3-8(13)7-9)11-6-5-10(17(18)19)12(14)15-11/h2-7H,1H3,(H2,14,15). The zero-order chi connectivity index (χ0) is 14.0. The fourth-order valence-electron chi connectivity index (χ4n) is 1.62. The number of hydrogen-bond acceptors (Lipinski definition) is 5. The first-order valence-electron chi connectivity index (χ1n) is 5.39. The highest BCUT2D eigenvalue weighted by molar-refractivity contribution is 5.64. The van der Waals surface area contributed by atoms with Crippen molar-refractivity contribution in [1.82, 2.24) is 4.98 Å². The van der Waals surface area contributed by atoms with E-state index in [9.17, 15) is 14.5 Å². The maximum atomic E-state index is 13.1. The van der Waals surface area contributed by atoms with Crippen LogP contribution in [0, 0.1) is 15.9 Å². The van der Waals surface area contributed by atoms with E-state index >= 15 is 0 Å². The third-order valence-electron chi connectivity index (χ3n) is 2.62. The van der Waals surface area contributed by atoms with E-state index in [1.807, 2.05) is 0 Å². The summed E-state index contributed by atoms with van der Waals surface area (Å²) in [6, 6.07) is 8.65. The quantitative estimate of drug-likeness (QED) is 0.678. The van der Waals surface area contributed by atoms with E-state index in [-0.39, 0.29) is 17.3 Å². The molecule has 19 heavy (non-hydrogen) atoms. The number of nitro groups is 1. The van der Waals surface area contributed by atoms with Crippen LogP contribution in [0.3, 0.4) is 0 Å². The van der Waals surface area contributed by atoms with Crippen LogP contribution in [0.5, 0.6) is 0 Å². The minimum atomic E-state index is -0.603. The summed E-state index contributed by atoms with van der Waals surface area (Å²) in [5, 5.41) is 10.6. The molecule has 0 aliphatic carbocycles. The van der Waals surface area contributed by atoms with Gasteiger partial charge in [-0.3, -0.25) is 10.1 Å². The van der Waals surface area contributed by atoms with Gasteiger partial charge in [-0.1, -0.05) is 6.07 Å². The molecule has 0 aliphatic heterocycles. The Kier molecular flexibility index (Phi) is 3.28. The van der Waals surface area contributed by atoms with Crippen LogP contribution in [0.4, 0.5) is 27.4 Å². The maximum Gasteiger partial charge on any atom is 0.311 e. The third-order valence-corrected chi connectivity index (χ3v) is 2.62. The lowest BCUT2D eigenvalue weighted by Crippen LogP contribution is -2.12. The molecule has 1 aromatic heterocycles. The molecule has 0 unspecified atom stereocenters. The van der Waals surface area contributed by atoms with Crippen molar-refractivity contribution in [2.45, 2.75) is 0 Å². The molecular formula is C12H11FN4O2. The summed E-state index contributed by atoms with van der Waals surface area (Å²) in [7, 11) is 1.67. The summed E-state index contributed by atoms with van der Waals surface area (Å²) >= 11 is 0. The molecule has 2 N–H and O–H groups in total. The van der Waals surface area contributed by atoms with Crippen molar-refractivity contribution in [3.05, 3.63) is 52.3 Å². The molecule has 0 saturated heterocycles. The molecule has 1 heterocycles. The molecule has 0 fully saturated rings. The second-order valence-electron chi connectivity index (χ2n) is 3.87. The van der Waals surface area contributed by atoms with Gasteiger partial charge in [0.25, 0.3) is 0 Å². The molecular weight excluding hydrogens is 251 g/mol. The molecule has 1 aromatic carbocycles. The van der Waals surface area contributed by atoms with Crippen LogP contribution in [-0.2, 0) is 0 Å². The monoisotopic (exact) mass is 262 g/mol. The van der Waals surface area contributed by atoms with Gasteiger partial charge in [0.15, 0.2) is 0 Å². The Balaban J connectivity index is 2.37. The minimum Gasteiger partial charge on any atom is -0.378 e. The Labute approximate surface area is 108 Å². The van der Waals surface area contributed by atoms with E-state index in [0.29, 0.717) is 11.5 Å². The number of pyridine rings is 1. The first-order valence-corrected chi connectivity index (χ1v) is 5.39. The lowest BCUT2D eigenvalue weighted by Gasteiger charge is -2.18. The summed E-state index contributed by atoms with van der Waals surface area (Å²) in [6.45, 7) is 0. The molecule has 0 aliphatic rings. The Bertz CT molecular complexity index is 633. The number of benzene rings is 1. The smallest absolute Gasteiger partial charge is 0.311 e. The molecule has 7 heteroatoms. The average Bonchev–Trinajstić information content (AvgIpc) is 2.37. The van der Waals surface area contributed by atoms with Gasteiger partial charge in [0.05, 0.1) is 4.92 Å². The Morgan fingerprint density at radius 3 is 2.68 bits per heavy atom. The molecule has 2 rings (SSSR count). The minimum absolute atomic E-state index is 0.175. The van der Waals surface area contributed by atoms with Gasteiger partial charge < -0.3 is 10.6 Å². The fourth-order valence-corrected chi connectivity index (χ4v) is 1.62. The molecule has 0 spiro atoms. The van der Waals surface area contributed by atoms with Gasteiger partial charge in [0.2, 0.25) is 5.82 Å². The first kappa shape index (κ1) is 12.7. The van der Waals surface area contributed by atoms with Gasteiger partial charge in [-0.15, -0.1) is 0 Å². The lowest BCUT2D eigenvalue weighted by molar-refractivity contribution is -0.384. The molecule has 98 valence electrons. The van der Waals surface area contributed by atoms with Crippen LogP contribution in [0.2, 0.25) is 0 Å². The first-order chi connectivity index (χ1) is 8.99. The topological polar surface area (TPSA) is 85.3 Å². The largest absolute Gasteiger partial charge is 0.378 e. The van der Waals surface area contributed by atoms with Crippen molar-refractivity contribution in [3.63, 3.8) is 0 Å². The number of nitrogens with zero attached hydrogens (tertiary/aromatic N) is 3. The van der Waals surface area contributed by atoms with Gasteiger partial charge >= 0.3 is 5.69 Å². The predicted octanol–water partition coefficient (Wildman–Crippen LogP) is 2.48. The highest BCUT2D eigenvalue weighted by Crippen LogP contribution is 2.27. The van der Waals surface area contributed by atoms with Crippen LogP contribution in [0.25, 0.3) is 0 Å². The summed E-state index contributed by atoms with van der Waals surface area (Å²) in [4.78, 5) is 15.6. The number of halogens is 1. The fraction of sp³-hybridized carbons (Fsp3) is 0.0833. The second-order valence-corrected chi connectivity index (χ2v) is 3.87. The van der Waals surface area contributed by atoms with E-state index in [1.165, 1.54) is 24.3 Å². The van der Waals surface area contributed by atoms with Gasteiger partial charge in [-0.2, -0.15) is 0 Å². The number of anilines is 3. The van der Waals surface area contributed by atoms with Gasteiger partial charge in [-0.05, 0) is 24.3 Å². The lowest BCUT2D eigenvalue weighted by atomic mass is 10.3. The Morgan fingerprint density at radius 2 is 2.11 bits per heavy atom. The number of nitrogens with two attached hydrogens (primary N) is 1. The number of hydrogen-bond donors (Lipinski definition) is 1. The SMILES string of the molecule is CN(c1cccc(F)c1)c1ccc([N+](=O)[O-])c(N)n1. The van der Waals surface area contributed by atoms with E-state index in [2.05, 4.69) is 4.98 Å². The van der Waals surface area contributed by atoms with Crippen molar-refractivity contribution in [2.75, 3.05) is 17.7 Å². The molecule has 6 nitrogen and oxygen atoms in total. The zero-order valence-electron chi connectivity index (χ0n) is 10.1. The zero-order valence-corrected chi connectivity index (χ0v) is 10.1. The average molecular weight is 262 g/mol.